The van der Waals surface area contributed by atoms with Crippen molar-refractivity contribution in [2.45, 2.75) is 72.4 Å². The zero-order valence-corrected chi connectivity index (χ0v) is 14.3. The Balaban J connectivity index is 1.83. The summed E-state index contributed by atoms with van der Waals surface area (Å²) in [5.41, 5.74) is 1.67. The van der Waals surface area contributed by atoms with E-state index in [9.17, 15) is 0 Å². The Morgan fingerprint density at radius 2 is 1.57 bits per heavy atom. The van der Waals surface area contributed by atoms with Crippen LogP contribution >= 0.6 is 0 Å². The van der Waals surface area contributed by atoms with E-state index in [0.717, 1.165) is 11.7 Å². The summed E-state index contributed by atoms with van der Waals surface area (Å²) in [6.45, 7) is 11.2. The maximum absolute atomic E-state index is 5.68. The third-order valence-corrected chi connectivity index (χ3v) is 4.55. The number of ether oxygens (including phenoxy) is 1. The van der Waals surface area contributed by atoms with E-state index < -0.39 is 0 Å². The molecule has 0 heterocycles. The van der Waals surface area contributed by atoms with Gasteiger partial charge in [0.2, 0.25) is 0 Å². The van der Waals surface area contributed by atoms with Crippen LogP contribution in [0.4, 0.5) is 5.69 Å². The van der Waals surface area contributed by atoms with Crippen molar-refractivity contribution in [1.82, 2.24) is 0 Å². The second-order valence-corrected chi connectivity index (χ2v) is 7.75. The number of rotatable bonds is 4. The maximum Gasteiger partial charge on any atom is 0.119 e. The standard InChI is InChI=1S/C19H31NO/c1-14(2)21-18-12-10-17(11-13-18)20-16-8-6-15(7-9-16)19(3,4)5/h10-16,20H,6-9H2,1-5H3. The first-order valence-electron chi connectivity index (χ1n) is 8.38. The smallest absolute Gasteiger partial charge is 0.119 e. The highest BCUT2D eigenvalue weighted by molar-refractivity contribution is 5.47. The Morgan fingerprint density at radius 1 is 1.00 bits per heavy atom. The third-order valence-electron chi connectivity index (χ3n) is 4.55. The van der Waals surface area contributed by atoms with E-state index in [2.05, 4.69) is 64.2 Å². The lowest BCUT2D eigenvalue weighted by Gasteiger charge is -2.37. The van der Waals surface area contributed by atoms with Crippen molar-refractivity contribution in [3.63, 3.8) is 0 Å². The molecular weight excluding hydrogens is 258 g/mol. The molecule has 0 spiro atoms. The molecule has 1 aliphatic carbocycles. The largest absolute Gasteiger partial charge is 0.491 e. The first-order valence-corrected chi connectivity index (χ1v) is 8.38. The van der Waals surface area contributed by atoms with Crippen LogP contribution in [0, 0.1) is 11.3 Å². The van der Waals surface area contributed by atoms with Gasteiger partial charge in [-0.1, -0.05) is 20.8 Å². The lowest BCUT2D eigenvalue weighted by molar-refractivity contribution is 0.173. The van der Waals surface area contributed by atoms with Crippen LogP contribution in [0.2, 0.25) is 0 Å². The molecule has 2 nitrogen and oxygen atoms in total. The molecule has 1 fully saturated rings. The Kier molecular flexibility index (Phi) is 5.18. The Bertz CT molecular complexity index is 422. The molecule has 1 aromatic rings. The second-order valence-electron chi connectivity index (χ2n) is 7.75. The van der Waals surface area contributed by atoms with Gasteiger partial charge in [-0.25, -0.2) is 0 Å². The van der Waals surface area contributed by atoms with Crippen molar-refractivity contribution >= 4 is 5.69 Å². The van der Waals surface area contributed by atoms with Crippen molar-refractivity contribution in [1.29, 1.82) is 0 Å². The molecule has 1 aliphatic rings. The lowest BCUT2D eigenvalue weighted by atomic mass is 9.71. The van der Waals surface area contributed by atoms with Gasteiger partial charge in [-0.05, 0) is 75.1 Å². The van der Waals surface area contributed by atoms with E-state index in [1.807, 2.05) is 0 Å². The molecule has 1 aromatic carbocycles. The number of hydrogen-bond acceptors (Lipinski definition) is 2. The minimum absolute atomic E-state index is 0.233. The van der Waals surface area contributed by atoms with Crippen molar-refractivity contribution in [2.24, 2.45) is 11.3 Å². The lowest BCUT2D eigenvalue weighted by Crippen LogP contribution is -2.31. The molecule has 0 aliphatic heterocycles. The van der Waals surface area contributed by atoms with Crippen molar-refractivity contribution in [3.05, 3.63) is 24.3 Å². The van der Waals surface area contributed by atoms with Crippen molar-refractivity contribution in [2.75, 3.05) is 5.32 Å². The fourth-order valence-corrected chi connectivity index (χ4v) is 3.24. The van der Waals surface area contributed by atoms with Crippen molar-refractivity contribution < 1.29 is 4.74 Å². The van der Waals surface area contributed by atoms with Crippen LogP contribution in [0.1, 0.15) is 60.3 Å². The minimum atomic E-state index is 0.233. The molecule has 0 aromatic heterocycles. The summed E-state index contributed by atoms with van der Waals surface area (Å²) in [5.74, 6) is 1.82. The summed E-state index contributed by atoms with van der Waals surface area (Å²) in [7, 11) is 0. The van der Waals surface area contributed by atoms with E-state index in [1.165, 1.54) is 31.4 Å². The van der Waals surface area contributed by atoms with Gasteiger partial charge in [0.05, 0.1) is 6.10 Å². The molecular formula is C19H31NO. The zero-order valence-electron chi connectivity index (χ0n) is 14.3. The second kappa shape index (κ2) is 6.72. The van der Waals surface area contributed by atoms with E-state index in [1.54, 1.807) is 0 Å². The molecule has 0 amide bonds. The fraction of sp³-hybridized carbons (Fsp3) is 0.684. The molecule has 2 rings (SSSR count). The molecule has 1 saturated carbocycles. The van der Waals surface area contributed by atoms with Gasteiger partial charge in [-0.3, -0.25) is 0 Å². The van der Waals surface area contributed by atoms with Gasteiger partial charge in [0, 0.05) is 11.7 Å². The summed E-state index contributed by atoms with van der Waals surface area (Å²) in [6, 6.07) is 9.01. The van der Waals surface area contributed by atoms with E-state index in [4.69, 9.17) is 4.74 Å². The van der Waals surface area contributed by atoms with Gasteiger partial charge >= 0.3 is 0 Å². The molecule has 1 N–H and O–H groups in total. The van der Waals surface area contributed by atoms with Crippen LogP contribution in [-0.2, 0) is 0 Å². The Labute approximate surface area is 130 Å². The molecule has 118 valence electrons. The summed E-state index contributed by atoms with van der Waals surface area (Å²) >= 11 is 0. The van der Waals surface area contributed by atoms with Gasteiger partial charge in [0.15, 0.2) is 0 Å². The molecule has 0 atom stereocenters. The predicted octanol–water partition coefficient (Wildman–Crippen LogP) is 5.49. The summed E-state index contributed by atoms with van der Waals surface area (Å²) in [6.07, 6.45) is 5.49. The molecule has 0 radical (unpaired) electrons. The average Bonchev–Trinajstić information content (AvgIpc) is 2.40. The van der Waals surface area contributed by atoms with Gasteiger partial charge in [-0.15, -0.1) is 0 Å². The highest BCUT2D eigenvalue weighted by Crippen LogP contribution is 2.38. The van der Waals surface area contributed by atoms with Crippen LogP contribution in [0.5, 0.6) is 5.75 Å². The molecule has 2 heteroatoms. The normalized spacial score (nSPS) is 23.1. The first-order chi connectivity index (χ1) is 9.84. The monoisotopic (exact) mass is 289 g/mol. The maximum atomic E-state index is 5.68. The SMILES string of the molecule is CC(C)Oc1ccc(NC2CCC(C(C)(C)C)CC2)cc1. The van der Waals surface area contributed by atoms with Crippen molar-refractivity contribution in [3.8, 4) is 5.75 Å². The summed E-state index contributed by atoms with van der Waals surface area (Å²) in [5, 5.41) is 3.68. The van der Waals surface area contributed by atoms with Gasteiger partial charge < -0.3 is 10.1 Å². The number of anilines is 1. The van der Waals surface area contributed by atoms with Gasteiger partial charge in [0.25, 0.3) is 0 Å². The fourth-order valence-electron chi connectivity index (χ4n) is 3.24. The molecule has 0 saturated heterocycles. The summed E-state index contributed by atoms with van der Waals surface area (Å²) in [4.78, 5) is 0. The number of hydrogen-bond donors (Lipinski definition) is 1. The van der Waals surface area contributed by atoms with Crippen LogP contribution < -0.4 is 10.1 Å². The highest BCUT2D eigenvalue weighted by atomic mass is 16.5. The topological polar surface area (TPSA) is 21.3 Å². The van der Waals surface area contributed by atoms with E-state index >= 15 is 0 Å². The molecule has 0 unspecified atom stereocenters. The summed E-state index contributed by atoms with van der Waals surface area (Å²) < 4.78 is 5.68. The van der Waals surface area contributed by atoms with Crippen LogP contribution in [-0.4, -0.2) is 12.1 Å². The zero-order chi connectivity index (χ0) is 15.5. The quantitative estimate of drug-likeness (QED) is 0.791. The number of benzene rings is 1. The molecule has 0 bridgehead atoms. The van der Waals surface area contributed by atoms with Gasteiger partial charge in [-0.2, -0.15) is 0 Å². The van der Waals surface area contributed by atoms with E-state index in [-0.39, 0.29) is 6.10 Å². The third kappa shape index (κ3) is 4.94. The van der Waals surface area contributed by atoms with E-state index in [0.29, 0.717) is 11.5 Å². The first kappa shape index (κ1) is 16.2. The van der Waals surface area contributed by atoms with Crippen LogP contribution in [0.3, 0.4) is 0 Å². The van der Waals surface area contributed by atoms with Crippen LogP contribution in [0.25, 0.3) is 0 Å². The minimum Gasteiger partial charge on any atom is -0.491 e. The predicted molar refractivity (Wildman–Crippen MR) is 91.0 cm³/mol. The Morgan fingerprint density at radius 3 is 2.05 bits per heavy atom. The Hall–Kier alpha value is -1.18. The van der Waals surface area contributed by atoms with Crippen LogP contribution in [0.15, 0.2) is 24.3 Å². The average molecular weight is 289 g/mol. The number of nitrogens with one attached hydrogen (secondary N) is 1. The van der Waals surface area contributed by atoms with Gasteiger partial charge in [0.1, 0.15) is 5.75 Å². The molecule has 21 heavy (non-hydrogen) atoms. The highest BCUT2D eigenvalue weighted by Gasteiger charge is 2.29.